The number of carbonyl (C=O) groups excluding carboxylic acids is 1. The molecule has 0 unspecified atom stereocenters. The van der Waals surface area contributed by atoms with Gasteiger partial charge in [0.1, 0.15) is 12.3 Å². The first kappa shape index (κ1) is 15.3. The SMILES string of the molecule is Cc1cnc(C(=O)N2CCOc3c2cccc3C(F)(F)F)cn1. The molecule has 8 heteroatoms. The molecule has 23 heavy (non-hydrogen) atoms. The highest BCUT2D eigenvalue weighted by molar-refractivity contribution is 6.05. The molecule has 1 aromatic carbocycles. The van der Waals surface area contributed by atoms with Crippen LogP contribution in [0.1, 0.15) is 21.7 Å². The van der Waals surface area contributed by atoms with Crippen molar-refractivity contribution in [1.82, 2.24) is 9.97 Å². The van der Waals surface area contributed by atoms with Crippen LogP contribution in [0.4, 0.5) is 18.9 Å². The van der Waals surface area contributed by atoms with Crippen LogP contribution in [0, 0.1) is 6.92 Å². The van der Waals surface area contributed by atoms with Crippen LogP contribution in [0.15, 0.2) is 30.6 Å². The molecular formula is C15H12F3N3O2. The molecule has 2 heterocycles. The lowest BCUT2D eigenvalue weighted by atomic mass is 10.1. The standard InChI is InChI=1S/C15H12F3N3O2/c1-9-7-20-11(8-19-9)14(22)21-5-6-23-13-10(15(16,17)18)3-2-4-12(13)21/h2-4,7-8H,5-6H2,1H3. The third-order valence-electron chi connectivity index (χ3n) is 3.40. The summed E-state index contributed by atoms with van der Waals surface area (Å²) in [5, 5.41) is 0. The number of aromatic nitrogens is 2. The molecule has 0 aliphatic carbocycles. The number of hydrogen-bond acceptors (Lipinski definition) is 4. The molecule has 0 spiro atoms. The first-order chi connectivity index (χ1) is 10.9. The van der Waals surface area contributed by atoms with Crippen molar-refractivity contribution >= 4 is 11.6 Å². The van der Waals surface area contributed by atoms with Crippen molar-refractivity contribution in [2.75, 3.05) is 18.1 Å². The zero-order chi connectivity index (χ0) is 16.6. The topological polar surface area (TPSA) is 55.3 Å². The molecule has 2 aromatic rings. The summed E-state index contributed by atoms with van der Waals surface area (Å²) in [5.41, 5.74) is -0.106. The molecule has 5 nitrogen and oxygen atoms in total. The van der Waals surface area contributed by atoms with Gasteiger partial charge >= 0.3 is 6.18 Å². The van der Waals surface area contributed by atoms with Crippen LogP contribution in [0.5, 0.6) is 5.75 Å². The minimum absolute atomic E-state index is 0.0227. The summed E-state index contributed by atoms with van der Waals surface area (Å²) in [6, 6.07) is 3.60. The highest BCUT2D eigenvalue weighted by Gasteiger charge is 2.38. The Hall–Kier alpha value is -2.64. The summed E-state index contributed by atoms with van der Waals surface area (Å²) in [6.07, 6.45) is -1.82. The highest BCUT2D eigenvalue weighted by atomic mass is 19.4. The Morgan fingerprint density at radius 3 is 2.70 bits per heavy atom. The molecule has 3 rings (SSSR count). The fraction of sp³-hybridized carbons (Fsp3) is 0.267. The van der Waals surface area contributed by atoms with Gasteiger partial charge in [-0.1, -0.05) is 6.07 Å². The van der Waals surface area contributed by atoms with Crippen molar-refractivity contribution in [2.24, 2.45) is 0 Å². The molecule has 1 aliphatic rings. The fourth-order valence-electron chi connectivity index (χ4n) is 2.32. The second-order valence-electron chi connectivity index (χ2n) is 5.00. The average Bonchev–Trinajstić information content (AvgIpc) is 2.53. The lowest BCUT2D eigenvalue weighted by Crippen LogP contribution is -2.39. The van der Waals surface area contributed by atoms with Gasteiger partial charge in [0.25, 0.3) is 5.91 Å². The maximum Gasteiger partial charge on any atom is 0.420 e. The van der Waals surface area contributed by atoms with Gasteiger partial charge in [0.15, 0.2) is 5.75 Å². The second-order valence-corrected chi connectivity index (χ2v) is 5.00. The molecular weight excluding hydrogens is 311 g/mol. The van der Waals surface area contributed by atoms with E-state index < -0.39 is 17.6 Å². The first-order valence-electron chi connectivity index (χ1n) is 6.81. The van der Waals surface area contributed by atoms with Crippen molar-refractivity contribution in [3.8, 4) is 5.75 Å². The summed E-state index contributed by atoms with van der Waals surface area (Å²) < 4.78 is 44.4. The van der Waals surface area contributed by atoms with Crippen LogP contribution < -0.4 is 9.64 Å². The first-order valence-corrected chi connectivity index (χ1v) is 6.81. The second kappa shape index (κ2) is 5.53. The number of alkyl halides is 3. The maximum absolute atomic E-state index is 13.1. The maximum atomic E-state index is 13.1. The molecule has 0 saturated heterocycles. The minimum atomic E-state index is -4.55. The monoisotopic (exact) mass is 323 g/mol. The Kier molecular flexibility index (Phi) is 3.67. The van der Waals surface area contributed by atoms with Crippen LogP contribution in [-0.2, 0) is 6.18 Å². The molecule has 0 N–H and O–H groups in total. The van der Waals surface area contributed by atoms with Gasteiger partial charge in [0, 0.05) is 6.20 Å². The van der Waals surface area contributed by atoms with Gasteiger partial charge in [-0.05, 0) is 19.1 Å². The van der Waals surface area contributed by atoms with E-state index in [0.29, 0.717) is 5.69 Å². The molecule has 120 valence electrons. The Morgan fingerprint density at radius 2 is 2.04 bits per heavy atom. The van der Waals surface area contributed by atoms with Crippen molar-refractivity contribution < 1.29 is 22.7 Å². The van der Waals surface area contributed by atoms with Gasteiger partial charge < -0.3 is 9.64 Å². The summed E-state index contributed by atoms with van der Waals surface area (Å²) in [7, 11) is 0. The summed E-state index contributed by atoms with van der Waals surface area (Å²) >= 11 is 0. The Labute approximate surface area is 129 Å². The predicted molar refractivity (Wildman–Crippen MR) is 75.4 cm³/mol. The van der Waals surface area contributed by atoms with E-state index in [1.807, 2.05) is 0 Å². The van der Waals surface area contributed by atoms with Gasteiger partial charge in [0.2, 0.25) is 0 Å². The van der Waals surface area contributed by atoms with Gasteiger partial charge in [-0.3, -0.25) is 9.78 Å². The van der Waals surface area contributed by atoms with E-state index in [0.717, 1.165) is 6.07 Å². The number of carbonyl (C=O) groups is 1. The van der Waals surface area contributed by atoms with E-state index in [4.69, 9.17) is 4.74 Å². The quantitative estimate of drug-likeness (QED) is 0.810. The number of nitrogens with zero attached hydrogens (tertiary/aromatic N) is 3. The zero-order valence-electron chi connectivity index (χ0n) is 12.1. The van der Waals surface area contributed by atoms with Crippen LogP contribution in [0.3, 0.4) is 0 Å². The minimum Gasteiger partial charge on any atom is -0.489 e. The van der Waals surface area contributed by atoms with Gasteiger partial charge in [-0.2, -0.15) is 13.2 Å². The zero-order valence-corrected chi connectivity index (χ0v) is 12.1. The van der Waals surface area contributed by atoms with Gasteiger partial charge in [-0.25, -0.2) is 4.98 Å². The van der Waals surface area contributed by atoms with Crippen molar-refractivity contribution in [2.45, 2.75) is 13.1 Å². The molecule has 1 aliphatic heterocycles. The number of rotatable bonds is 1. The normalized spacial score (nSPS) is 14.2. The van der Waals surface area contributed by atoms with Crippen LogP contribution >= 0.6 is 0 Å². The summed E-state index contributed by atoms with van der Waals surface area (Å²) in [4.78, 5) is 21.7. The molecule has 1 aromatic heterocycles. The van der Waals surface area contributed by atoms with Crippen LogP contribution in [-0.4, -0.2) is 29.0 Å². The number of ether oxygens (including phenoxy) is 1. The third-order valence-corrected chi connectivity index (χ3v) is 3.40. The van der Waals surface area contributed by atoms with E-state index in [1.54, 1.807) is 6.92 Å². The molecule has 0 fully saturated rings. The van der Waals surface area contributed by atoms with Gasteiger partial charge in [0.05, 0.1) is 29.7 Å². The van der Waals surface area contributed by atoms with Gasteiger partial charge in [-0.15, -0.1) is 0 Å². The van der Waals surface area contributed by atoms with E-state index >= 15 is 0 Å². The fourth-order valence-corrected chi connectivity index (χ4v) is 2.32. The number of para-hydroxylation sites is 1. The largest absolute Gasteiger partial charge is 0.489 e. The predicted octanol–water partition coefficient (Wildman–Crippen LogP) is 2.84. The van der Waals surface area contributed by atoms with Crippen molar-refractivity contribution in [3.05, 3.63) is 47.5 Å². The number of amides is 1. The molecule has 1 amide bonds. The van der Waals surface area contributed by atoms with Crippen molar-refractivity contribution in [1.29, 1.82) is 0 Å². The number of benzene rings is 1. The number of halogens is 3. The summed E-state index contributed by atoms with van der Waals surface area (Å²) in [5.74, 6) is -0.846. The van der Waals surface area contributed by atoms with E-state index in [9.17, 15) is 18.0 Å². The highest BCUT2D eigenvalue weighted by Crippen LogP contribution is 2.43. The number of fused-ring (bicyclic) bond motifs is 1. The van der Waals surface area contributed by atoms with Crippen LogP contribution in [0.2, 0.25) is 0 Å². The Bertz CT molecular complexity index is 745. The number of hydrogen-bond donors (Lipinski definition) is 0. The third kappa shape index (κ3) is 2.84. The average molecular weight is 323 g/mol. The van der Waals surface area contributed by atoms with E-state index in [-0.39, 0.29) is 30.3 Å². The lowest BCUT2D eigenvalue weighted by molar-refractivity contribution is -0.139. The molecule has 0 atom stereocenters. The lowest BCUT2D eigenvalue weighted by Gasteiger charge is -2.30. The smallest absolute Gasteiger partial charge is 0.420 e. The Balaban J connectivity index is 2.02. The summed E-state index contributed by atoms with van der Waals surface area (Å²) in [6.45, 7) is 1.84. The molecule has 0 bridgehead atoms. The van der Waals surface area contributed by atoms with E-state index in [2.05, 4.69) is 9.97 Å². The Morgan fingerprint density at radius 1 is 1.26 bits per heavy atom. The molecule has 0 radical (unpaired) electrons. The van der Waals surface area contributed by atoms with Crippen molar-refractivity contribution in [3.63, 3.8) is 0 Å². The number of anilines is 1. The van der Waals surface area contributed by atoms with Crippen LogP contribution in [0.25, 0.3) is 0 Å². The molecule has 0 saturated carbocycles. The van der Waals surface area contributed by atoms with E-state index in [1.165, 1.54) is 29.4 Å². The number of aryl methyl sites for hydroxylation is 1.